The molecule has 0 saturated carbocycles. The minimum absolute atomic E-state index is 0.195. The molecule has 4 nitrogen and oxygen atoms in total. The van der Waals surface area contributed by atoms with Crippen LogP contribution in [-0.4, -0.2) is 11.5 Å². The summed E-state index contributed by atoms with van der Waals surface area (Å²) in [7, 11) is 0. The van der Waals surface area contributed by atoms with Gasteiger partial charge in [0.05, 0.1) is 5.56 Å². The first kappa shape index (κ1) is 15.1. The van der Waals surface area contributed by atoms with E-state index in [1.54, 1.807) is 16.7 Å². The number of rotatable bonds is 4. The fraction of sp³-hybridized carbons (Fsp3) is 0.353. The summed E-state index contributed by atoms with van der Waals surface area (Å²) >= 11 is 1.55. The highest BCUT2D eigenvalue weighted by Gasteiger charge is 2.33. The van der Waals surface area contributed by atoms with E-state index in [0.29, 0.717) is 12.1 Å². The van der Waals surface area contributed by atoms with Gasteiger partial charge in [-0.1, -0.05) is 18.2 Å². The van der Waals surface area contributed by atoms with Gasteiger partial charge in [0.15, 0.2) is 0 Å². The van der Waals surface area contributed by atoms with Crippen molar-refractivity contribution >= 4 is 17.2 Å². The molecule has 5 heteroatoms. The number of nitrogens with one attached hydrogen (secondary N) is 1. The first-order valence-corrected chi connectivity index (χ1v) is 8.21. The van der Waals surface area contributed by atoms with Crippen LogP contribution in [0.1, 0.15) is 47.1 Å². The van der Waals surface area contributed by atoms with Crippen LogP contribution in [0.25, 0.3) is 0 Å². The quantitative estimate of drug-likeness (QED) is 0.910. The lowest BCUT2D eigenvalue weighted by Crippen LogP contribution is -2.39. The molecule has 0 aliphatic carbocycles. The highest BCUT2D eigenvalue weighted by molar-refractivity contribution is 7.10. The van der Waals surface area contributed by atoms with Crippen molar-refractivity contribution in [3.05, 3.63) is 51.7 Å². The average Bonchev–Trinajstić information content (AvgIpc) is 2.92. The summed E-state index contributed by atoms with van der Waals surface area (Å²) in [5.74, 6) is 0.570. The second kappa shape index (κ2) is 5.74. The highest BCUT2D eigenvalue weighted by Crippen LogP contribution is 2.39. The minimum atomic E-state index is -0.375. The molecule has 2 aromatic rings. The molecule has 1 unspecified atom stereocenters. The summed E-state index contributed by atoms with van der Waals surface area (Å²) in [6, 6.07) is 10.2. The maximum Gasteiger partial charge on any atom is 0.249 e. The van der Waals surface area contributed by atoms with Gasteiger partial charge in [-0.15, -0.1) is 11.3 Å². The Morgan fingerprint density at radius 3 is 2.95 bits per heavy atom. The Balaban J connectivity index is 1.75. The molecular formula is C17H20N2O2S. The Hall–Kier alpha value is -1.85. The third kappa shape index (κ3) is 3.15. The molecule has 116 valence electrons. The number of carbonyl (C=O) groups is 1. The fourth-order valence-corrected chi connectivity index (χ4v) is 3.63. The molecule has 1 aliphatic rings. The number of thiophene rings is 1. The minimum Gasteiger partial charge on any atom is -0.487 e. The fourth-order valence-electron chi connectivity index (χ4n) is 2.81. The van der Waals surface area contributed by atoms with E-state index in [0.717, 1.165) is 17.0 Å². The number of primary amides is 1. The number of para-hydroxylation sites is 1. The van der Waals surface area contributed by atoms with Crippen LogP contribution in [0.2, 0.25) is 0 Å². The zero-order valence-electron chi connectivity index (χ0n) is 12.8. The lowest BCUT2D eigenvalue weighted by Gasteiger charge is -2.38. The topological polar surface area (TPSA) is 64.3 Å². The molecular weight excluding hydrogens is 296 g/mol. The summed E-state index contributed by atoms with van der Waals surface area (Å²) < 4.78 is 6.04. The molecule has 2 heterocycles. The Labute approximate surface area is 134 Å². The normalized spacial score (nSPS) is 19.3. The van der Waals surface area contributed by atoms with Crippen molar-refractivity contribution < 1.29 is 9.53 Å². The molecule has 1 aliphatic heterocycles. The van der Waals surface area contributed by atoms with Crippen molar-refractivity contribution in [2.24, 2.45) is 5.73 Å². The van der Waals surface area contributed by atoms with Crippen LogP contribution < -0.4 is 15.8 Å². The van der Waals surface area contributed by atoms with E-state index in [1.807, 2.05) is 24.3 Å². The van der Waals surface area contributed by atoms with Crippen LogP contribution in [-0.2, 0) is 6.54 Å². The molecule has 0 bridgehead atoms. The van der Waals surface area contributed by atoms with Crippen LogP contribution in [0.4, 0.5) is 0 Å². The molecule has 1 aromatic heterocycles. The number of carbonyl (C=O) groups excluding carboxylic acids is 1. The standard InChI is InChI=1S/C17H20N2O2S/c1-17(2)8-14(13-5-3-4-6-15(13)21-17)19-9-12-7-11(10-22-12)16(18)20/h3-7,10,14,19H,8-9H2,1-2H3,(H2,18,20). The van der Waals surface area contributed by atoms with Crippen LogP contribution in [0.5, 0.6) is 5.75 Å². The zero-order chi connectivity index (χ0) is 15.7. The monoisotopic (exact) mass is 316 g/mol. The summed E-state index contributed by atoms with van der Waals surface area (Å²) in [5.41, 5.74) is 6.87. The smallest absolute Gasteiger partial charge is 0.249 e. The van der Waals surface area contributed by atoms with Crippen LogP contribution in [0, 0.1) is 0 Å². The van der Waals surface area contributed by atoms with Gasteiger partial charge in [-0.3, -0.25) is 4.79 Å². The predicted molar refractivity (Wildman–Crippen MR) is 88.2 cm³/mol. The second-order valence-corrected chi connectivity index (χ2v) is 7.20. The van der Waals surface area contributed by atoms with Gasteiger partial charge in [0.1, 0.15) is 11.4 Å². The number of benzene rings is 1. The zero-order valence-corrected chi connectivity index (χ0v) is 13.6. The average molecular weight is 316 g/mol. The largest absolute Gasteiger partial charge is 0.487 e. The van der Waals surface area contributed by atoms with Crippen molar-refractivity contribution in [1.29, 1.82) is 0 Å². The van der Waals surface area contributed by atoms with Gasteiger partial charge < -0.3 is 15.8 Å². The number of fused-ring (bicyclic) bond motifs is 1. The van der Waals surface area contributed by atoms with Gasteiger partial charge in [0.25, 0.3) is 0 Å². The summed E-state index contributed by atoms with van der Waals surface area (Å²) in [6.07, 6.45) is 0.901. The molecule has 1 amide bonds. The van der Waals surface area contributed by atoms with Gasteiger partial charge in [0, 0.05) is 34.8 Å². The van der Waals surface area contributed by atoms with E-state index in [1.165, 1.54) is 5.56 Å². The van der Waals surface area contributed by atoms with Crippen molar-refractivity contribution in [3.63, 3.8) is 0 Å². The molecule has 0 spiro atoms. The van der Waals surface area contributed by atoms with E-state index in [2.05, 4.69) is 25.2 Å². The SMILES string of the molecule is CC1(C)CC(NCc2cc(C(N)=O)cs2)c2ccccc2O1. The van der Waals surface area contributed by atoms with Gasteiger partial charge in [-0.25, -0.2) is 0 Å². The van der Waals surface area contributed by atoms with Crippen LogP contribution in [0.3, 0.4) is 0 Å². The lowest BCUT2D eigenvalue weighted by molar-refractivity contribution is 0.0658. The van der Waals surface area contributed by atoms with E-state index in [4.69, 9.17) is 10.5 Å². The third-order valence-corrected chi connectivity index (χ3v) is 4.77. The van der Waals surface area contributed by atoms with Crippen molar-refractivity contribution in [3.8, 4) is 5.75 Å². The molecule has 1 aromatic carbocycles. The first-order valence-electron chi connectivity index (χ1n) is 7.33. The van der Waals surface area contributed by atoms with Crippen LogP contribution in [0.15, 0.2) is 35.7 Å². The number of hydrogen-bond donors (Lipinski definition) is 2. The predicted octanol–water partition coefficient (Wildman–Crippen LogP) is 3.24. The van der Waals surface area contributed by atoms with E-state index in [9.17, 15) is 4.79 Å². The first-order chi connectivity index (χ1) is 10.4. The molecule has 3 rings (SSSR count). The Morgan fingerprint density at radius 1 is 1.45 bits per heavy atom. The maximum absolute atomic E-state index is 11.2. The maximum atomic E-state index is 11.2. The van der Waals surface area contributed by atoms with Gasteiger partial charge in [0.2, 0.25) is 5.91 Å². The Bertz CT molecular complexity index is 693. The number of hydrogen-bond acceptors (Lipinski definition) is 4. The van der Waals surface area contributed by atoms with E-state index >= 15 is 0 Å². The summed E-state index contributed by atoms with van der Waals surface area (Å²) in [4.78, 5) is 12.3. The summed E-state index contributed by atoms with van der Waals surface area (Å²) in [5, 5.41) is 5.39. The van der Waals surface area contributed by atoms with Crippen LogP contribution >= 0.6 is 11.3 Å². The number of ether oxygens (including phenoxy) is 1. The van der Waals surface area contributed by atoms with Crippen molar-refractivity contribution in [2.45, 2.75) is 38.5 Å². The molecule has 22 heavy (non-hydrogen) atoms. The van der Waals surface area contributed by atoms with Gasteiger partial charge >= 0.3 is 0 Å². The molecule has 0 saturated heterocycles. The third-order valence-electron chi connectivity index (χ3n) is 3.84. The van der Waals surface area contributed by atoms with E-state index in [-0.39, 0.29) is 17.6 Å². The van der Waals surface area contributed by atoms with Crippen molar-refractivity contribution in [1.82, 2.24) is 5.32 Å². The Morgan fingerprint density at radius 2 is 2.23 bits per heavy atom. The van der Waals surface area contributed by atoms with Crippen molar-refractivity contribution in [2.75, 3.05) is 0 Å². The molecule has 0 radical (unpaired) electrons. The molecule has 0 fully saturated rings. The van der Waals surface area contributed by atoms with Gasteiger partial charge in [-0.2, -0.15) is 0 Å². The molecule has 3 N–H and O–H groups in total. The second-order valence-electron chi connectivity index (χ2n) is 6.20. The Kier molecular flexibility index (Phi) is 3.93. The number of amides is 1. The van der Waals surface area contributed by atoms with Gasteiger partial charge in [-0.05, 0) is 26.0 Å². The molecule has 1 atom stereocenters. The highest BCUT2D eigenvalue weighted by atomic mass is 32.1. The van der Waals surface area contributed by atoms with E-state index < -0.39 is 0 Å². The number of nitrogens with two attached hydrogens (primary N) is 1. The summed E-state index contributed by atoms with van der Waals surface area (Å²) in [6.45, 7) is 4.93. The lowest BCUT2D eigenvalue weighted by atomic mass is 9.90.